The summed E-state index contributed by atoms with van der Waals surface area (Å²) >= 11 is 0. The van der Waals surface area contributed by atoms with Gasteiger partial charge in [-0.3, -0.25) is 15.0 Å². The van der Waals surface area contributed by atoms with E-state index in [1.54, 1.807) is 6.07 Å². The molecule has 2 rings (SSSR count). The van der Waals surface area contributed by atoms with Crippen molar-refractivity contribution in [2.75, 3.05) is 6.54 Å². The zero-order valence-electron chi connectivity index (χ0n) is 7.90. The summed E-state index contributed by atoms with van der Waals surface area (Å²) in [6, 6.07) is 1.61. The Labute approximate surface area is 85.3 Å². The molecule has 2 aromatic rings. The Balaban J connectivity index is 1.77. The van der Waals surface area contributed by atoms with Crippen molar-refractivity contribution < 1.29 is 4.79 Å². The number of H-pyrrole nitrogens is 2. The quantitative estimate of drug-likeness (QED) is 0.628. The first kappa shape index (κ1) is 9.38. The normalized spacial score (nSPS) is 10.1. The fourth-order valence-electron chi connectivity index (χ4n) is 1.12. The Morgan fingerprint density at radius 3 is 3.00 bits per heavy atom. The summed E-state index contributed by atoms with van der Waals surface area (Å²) < 4.78 is 0. The van der Waals surface area contributed by atoms with Crippen molar-refractivity contribution in [2.45, 2.75) is 6.42 Å². The van der Waals surface area contributed by atoms with Crippen molar-refractivity contribution in [3.63, 3.8) is 0 Å². The van der Waals surface area contributed by atoms with Crippen LogP contribution in [0.2, 0.25) is 0 Å². The van der Waals surface area contributed by atoms with Gasteiger partial charge in [0.25, 0.3) is 5.91 Å². The van der Waals surface area contributed by atoms with Crippen LogP contribution in [0.25, 0.3) is 0 Å². The SMILES string of the molecule is O=C(NCCc1ncn[nH]1)c1ccn[nH]1. The molecule has 1 amide bonds. The Bertz CT molecular complexity index is 406. The molecule has 0 spiro atoms. The van der Waals surface area contributed by atoms with E-state index in [1.807, 2.05) is 0 Å². The summed E-state index contributed by atoms with van der Waals surface area (Å²) in [7, 11) is 0. The molecular formula is C8H10N6O. The van der Waals surface area contributed by atoms with Crippen LogP contribution in [-0.2, 0) is 6.42 Å². The van der Waals surface area contributed by atoms with E-state index in [2.05, 4.69) is 30.7 Å². The molecule has 3 N–H and O–H groups in total. The number of aromatic amines is 2. The molecule has 78 valence electrons. The van der Waals surface area contributed by atoms with Crippen LogP contribution in [-0.4, -0.2) is 37.8 Å². The summed E-state index contributed by atoms with van der Waals surface area (Å²) in [6.07, 6.45) is 3.59. The molecule has 0 unspecified atom stereocenters. The zero-order chi connectivity index (χ0) is 10.5. The van der Waals surface area contributed by atoms with Crippen LogP contribution in [0.5, 0.6) is 0 Å². The van der Waals surface area contributed by atoms with E-state index in [4.69, 9.17) is 0 Å². The fourth-order valence-corrected chi connectivity index (χ4v) is 1.12. The Hall–Kier alpha value is -2.18. The average Bonchev–Trinajstić information content (AvgIpc) is 2.90. The minimum Gasteiger partial charge on any atom is -0.350 e. The molecule has 0 aliphatic rings. The third kappa shape index (κ3) is 2.39. The lowest BCUT2D eigenvalue weighted by molar-refractivity contribution is 0.0949. The molecule has 7 nitrogen and oxygen atoms in total. The summed E-state index contributed by atoms with van der Waals surface area (Å²) in [6.45, 7) is 0.507. The topological polar surface area (TPSA) is 99.3 Å². The molecule has 2 heterocycles. The molecule has 0 saturated heterocycles. The van der Waals surface area contributed by atoms with Gasteiger partial charge in [0, 0.05) is 19.2 Å². The van der Waals surface area contributed by atoms with Gasteiger partial charge in [0.2, 0.25) is 0 Å². The van der Waals surface area contributed by atoms with Crippen molar-refractivity contribution in [3.05, 3.63) is 30.1 Å². The first-order valence-corrected chi connectivity index (χ1v) is 4.48. The van der Waals surface area contributed by atoms with Crippen molar-refractivity contribution in [2.24, 2.45) is 0 Å². The van der Waals surface area contributed by atoms with Gasteiger partial charge in [0.1, 0.15) is 17.8 Å². The largest absolute Gasteiger partial charge is 0.350 e. The van der Waals surface area contributed by atoms with Gasteiger partial charge in [-0.2, -0.15) is 10.2 Å². The molecule has 0 aromatic carbocycles. The lowest BCUT2D eigenvalue weighted by Gasteiger charge is -2.00. The van der Waals surface area contributed by atoms with E-state index in [0.717, 1.165) is 5.82 Å². The van der Waals surface area contributed by atoms with Crippen molar-refractivity contribution >= 4 is 5.91 Å². The molecule has 0 radical (unpaired) electrons. The monoisotopic (exact) mass is 206 g/mol. The van der Waals surface area contributed by atoms with Crippen LogP contribution in [0.15, 0.2) is 18.6 Å². The second-order valence-corrected chi connectivity index (χ2v) is 2.91. The molecule has 7 heteroatoms. The third-order valence-corrected chi connectivity index (χ3v) is 1.86. The highest BCUT2D eigenvalue weighted by Gasteiger charge is 2.05. The van der Waals surface area contributed by atoms with Gasteiger partial charge in [-0.1, -0.05) is 0 Å². The van der Waals surface area contributed by atoms with Crippen LogP contribution >= 0.6 is 0 Å². The Morgan fingerprint density at radius 2 is 2.33 bits per heavy atom. The second-order valence-electron chi connectivity index (χ2n) is 2.91. The van der Waals surface area contributed by atoms with Gasteiger partial charge in [-0.05, 0) is 6.07 Å². The lowest BCUT2D eigenvalue weighted by Crippen LogP contribution is -2.26. The Kier molecular flexibility index (Phi) is 2.72. The zero-order valence-corrected chi connectivity index (χ0v) is 7.90. The second kappa shape index (κ2) is 4.36. The maximum Gasteiger partial charge on any atom is 0.269 e. The van der Waals surface area contributed by atoms with Gasteiger partial charge in [0.15, 0.2) is 0 Å². The van der Waals surface area contributed by atoms with E-state index in [9.17, 15) is 4.79 Å². The molecule has 0 atom stereocenters. The maximum atomic E-state index is 11.4. The van der Waals surface area contributed by atoms with Crippen molar-refractivity contribution in [1.82, 2.24) is 30.7 Å². The number of hydrogen-bond acceptors (Lipinski definition) is 4. The first-order chi connectivity index (χ1) is 7.36. The highest BCUT2D eigenvalue weighted by Crippen LogP contribution is 1.91. The standard InChI is InChI=1S/C8H10N6O/c15-8(6-1-4-11-13-6)9-3-2-7-10-5-12-14-7/h1,4-5H,2-3H2,(H,9,15)(H,11,13)(H,10,12,14). The van der Waals surface area contributed by atoms with Crippen LogP contribution in [0.1, 0.15) is 16.3 Å². The number of hydrogen-bond donors (Lipinski definition) is 3. The number of carbonyl (C=O) groups is 1. The van der Waals surface area contributed by atoms with Gasteiger partial charge in [-0.15, -0.1) is 0 Å². The molecular weight excluding hydrogens is 196 g/mol. The lowest BCUT2D eigenvalue weighted by atomic mass is 10.3. The summed E-state index contributed by atoms with van der Waals surface area (Å²) in [4.78, 5) is 15.3. The molecule has 0 fully saturated rings. The van der Waals surface area contributed by atoms with Gasteiger partial charge >= 0.3 is 0 Å². The smallest absolute Gasteiger partial charge is 0.269 e. The van der Waals surface area contributed by atoms with Crippen molar-refractivity contribution in [1.29, 1.82) is 0 Å². The fraction of sp³-hybridized carbons (Fsp3) is 0.250. The summed E-state index contributed by atoms with van der Waals surface area (Å²) in [5.74, 6) is 0.576. The summed E-state index contributed by atoms with van der Waals surface area (Å²) in [5.41, 5.74) is 0.451. The van der Waals surface area contributed by atoms with E-state index in [0.29, 0.717) is 18.7 Å². The molecule has 2 aromatic heterocycles. The number of nitrogens with zero attached hydrogens (tertiary/aromatic N) is 3. The highest BCUT2D eigenvalue weighted by atomic mass is 16.1. The first-order valence-electron chi connectivity index (χ1n) is 4.48. The molecule has 0 aliphatic carbocycles. The van der Waals surface area contributed by atoms with Gasteiger partial charge < -0.3 is 5.32 Å². The predicted molar refractivity (Wildman–Crippen MR) is 51.0 cm³/mol. The maximum absolute atomic E-state index is 11.4. The Morgan fingerprint density at radius 1 is 1.40 bits per heavy atom. The summed E-state index contributed by atoms with van der Waals surface area (Å²) in [5, 5.41) is 15.4. The van der Waals surface area contributed by atoms with Crippen LogP contribution in [0.4, 0.5) is 0 Å². The van der Waals surface area contributed by atoms with Crippen LogP contribution < -0.4 is 5.32 Å². The molecule has 0 bridgehead atoms. The third-order valence-electron chi connectivity index (χ3n) is 1.86. The van der Waals surface area contributed by atoms with Crippen LogP contribution in [0.3, 0.4) is 0 Å². The van der Waals surface area contributed by atoms with Crippen LogP contribution in [0, 0.1) is 0 Å². The number of carbonyl (C=O) groups excluding carboxylic acids is 1. The van der Waals surface area contributed by atoms with Crippen molar-refractivity contribution in [3.8, 4) is 0 Å². The molecule has 15 heavy (non-hydrogen) atoms. The number of rotatable bonds is 4. The molecule has 0 saturated carbocycles. The number of nitrogens with one attached hydrogen (secondary N) is 3. The number of amides is 1. The molecule has 0 aliphatic heterocycles. The van der Waals surface area contributed by atoms with E-state index in [1.165, 1.54) is 12.5 Å². The van der Waals surface area contributed by atoms with E-state index in [-0.39, 0.29) is 5.91 Å². The predicted octanol–water partition coefficient (Wildman–Crippen LogP) is -0.500. The number of aromatic nitrogens is 5. The van der Waals surface area contributed by atoms with Gasteiger partial charge in [-0.25, -0.2) is 4.98 Å². The van der Waals surface area contributed by atoms with E-state index >= 15 is 0 Å². The average molecular weight is 206 g/mol. The highest BCUT2D eigenvalue weighted by molar-refractivity contribution is 5.92. The minimum absolute atomic E-state index is 0.174. The minimum atomic E-state index is -0.174. The van der Waals surface area contributed by atoms with Gasteiger partial charge in [0.05, 0.1) is 0 Å². The van der Waals surface area contributed by atoms with E-state index < -0.39 is 0 Å².